The second-order valence-electron chi connectivity index (χ2n) is 4.38. The molecule has 1 unspecified atom stereocenters. The molecule has 0 fully saturated rings. The zero-order valence-electron chi connectivity index (χ0n) is 11.9. The third-order valence-corrected chi connectivity index (χ3v) is 3.77. The van der Waals surface area contributed by atoms with Crippen LogP contribution in [0.4, 0.5) is 0 Å². The van der Waals surface area contributed by atoms with Gasteiger partial charge in [-0.25, -0.2) is 9.89 Å². The van der Waals surface area contributed by atoms with E-state index in [0.29, 0.717) is 13.2 Å². The molecule has 1 heterocycles. The van der Waals surface area contributed by atoms with Gasteiger partial charge in [0.2, 0.25) is 0 Å². The quantitative estimate of drug-likeness (QED) is 0.631. The fraction of sp³-hybridized carbons (Fsp3) is 0.833. The highest BCUT2D eigenvalue weighted by Crippen LogP contribution is 2.14. The maximum absolute atomic E-state index is 11.6. The fourth-order valence-electron chi connectivity index (χ4n) is 1.72. The van der Waals surface area contributed by atoms with Crippen LogP contribution in [-0.2, 0) is 11.3 Å². The highest BCUT2D eigenvalue weighted by Gasteiger charge is 2.12. The van der Waals surface area contributed by atoms with E-state index in [0.717, 1.165) is 30.3 Å². The summed E-state index contributed by atoms with van der Waals surface area (Å²) in [7, 11) is 1.70. The van der Waals surface area contributed by atoms with Crippen LogP contribution in [0.3, 0.4) is 0 Å². The molecule has 0 aliphatic rings. The number of ether oxygens (including phenoxy) is 1. The molecule has 0 spiro atoms. The Bertz CT molecular complexity index is 405. The van der Waals surface area contributed by atoms with E-state index in [1.807, 2.05) is 6.92 Å². The minimum atomic E-state index is -0.130. The molecule has 0 aromatic carbocycles. The Hall–Kier alpha value is -0.790. The Morgan fingerprint density at radius 3 is 2.89 bits per heavy atom. The SMILES string of the molecule is CCCNC(COC)CSc1n[nH]c(=O)n1CCC. The maximum atomic E-state index is 11.6. The van der Waals surface area contributed by atoms with Crippen LogP contribution in [-0.4, -0.2) is 46.8 Å². The minimum Gasteiger partial charge on any atom is -0.383 e. The van der Waals surface area contributed by atoms with Gasteiger partial charge in [-0.05, 0) is 19.4 Å². The standard InChI is InChI=1S/C12H24N4O2S/c1-4-6-13-10(8-18-3)9-19-12-15-14-11(17)16(12)7-5-2/h10,13H,4-9H2,1-3H3,(H,14,17). The molecular weight excluding hydrogens is 264 g/mol. The first-order valence-corrected chi connectivity index (χ1v) is 7.71. The molecule has 0 aliphatic heterocycles. The molecule has 2 N–H and O–H groups in total. The van der Waals surface area contributed by atoms with Crippen LogP contribution in [0.15, 0.2) is 9.95 Å². The average molecular weight is 288 g/mol. The first kappa shape index (κ1) is 16.3. The second kappa shape index (κ2) is 9.17. The Kier molecular flexibility index (Phi) is 7.85. The topological polar surface area (TPSA) is 71.9 Å². The molecule has 0 amide bonds. The zero-order valence-corrected chi connectivity index (χ0v) is 12.8. The zero-order chi connectivity index (χ0) is 14.1. The van der Waals surface area contributed by atoms with E-state index in [4.69, 9.17) is 4.74 Å². The lowest BCUT2D eigenvalue weighted by Crippen LogP contribution is -2.36. The van der Waals surface area contributed by atoms with Crippen molar-refractivity contribution in [3.8, 4) is 0 Å². The highest BCUT2D eigenvalue weighted by molar-refractivity contribution is 7.99. The molecule has 7 heteroatoms. The Balaban J connectivity index is 2.55. The molecule has 1 rings (SSSR count). The predicted octanol–water partition coefficient (Wildman–Crippen LogP) is 1.09. The van der Waals surface area contributed by atoms with E-state index in [1.165, 1.54) is 0 Å². The van der Waals surface area contributed by atoms with Crippen LogP contribution in [0, 0.1) is 0 Å². The van der Waals surface area contributed by atoms with Gasteiger partial charge in [-0.2, -0.15) is 0 Å². The third-order valence-electron chi connectivity index (χ3n) is 2.63. The molecule has 0 bridgehead atoms. The molecule has 1 aromatic rings. The van der Waals surface area contributed by atoms with Gasteiger partial charge in [-0.15, -0.1) is 5.10 Å². The third kappa shape index (κ3) is 5.38. The molecule has 1 aromatic heterocycles. The van der Waals surface area contributed by atoms with Gasteiger partial charge in [-0.3, -0.25) is 4.57 Å². The summed E-state index contributed by atoms with van der Waals surface area (Å²) >= 11 is 1.58. The van der Waals surface area contributed by atoms with Crippen molar-refractivity contribution in [1.82, 2.24) is 20.1 Å². The minimum absolute atomic E-state index is 0.130. The first-order valence-electron chi connectivity index (χ1n) is 6.73. The van der Waals surface area contributed by atoms with E-state index in [9.17, 15) is 4.79 Å². The van der Waals surface area contributed by atoms with Gasteiger partial charge in [0.25, 0.3) is 0 Å². The van der Waals surface area contributed by atoms with Crippen molar-refractivity contribution in [2.24, 2.45) is 0 Å². The van der Waals surface area contributed by atoms with Crippen LogP contribution in [0.25, 0.3) is 0 Å². The molecule has 110 valence electrons. The number of thioether (sulfide) groups is 1. The number of nitrogens with zero attached hydrogens (tertiary/aromatic N) is 2. The lowest BCUT2D eigenvalue weighted by atomic mass is 10.3. The monoisotopic (exact) mass is 288 g/mol. The largest absolute Gasteiger partial charge is 0.383 e. The lowest BCUT2D eigenvalue weighted by molar-refractivity contribution is 0.174. The highest BCUT2D eigenvalue weighted by atomic mass is 32.2. The normalized spacial score (nSPS) is 12.8. The number of rotatable bonds is 10. The summed E-state index contributed by atoms with van der Waals surface area (Å²) in [5.41, 5.74) is -0.130. The summed E-state index contributed by atoms with van der Waals surface area (Å²) in [5, 5.41) is 10.8. The van der Waals surface area contributed by atoms with Crippen LogP contribution < -0.4 is 11.0 Å². The molecule has 0 saturated heterocycles. The van der Waals surface area contributed by atoms with Crippen LogP contribution in [0.2, 0.25) is 0 Å². The van der Waals surface area contributed by atoms with Gasteiger partial charge in [0.05, 0.1) is 6.61 Å². The molecule has 6 nitrogen and oxygen atoms in total. The van der Waals surface area contributed by atoms with Crippen molar-refractivity contribution < 1.29 is 4.74 Å². The Labute approximate surface area is 118 Å². The van der Waals surface area contributed by atoms with Crippen LogP contribution >= 0.6 is 11.8 Å². The summed E-state index contributed by atoms with van der Waals surface area (Å²) in [6.45, 7) is 6.52. The average Bonchev–Trinajstić information content (AvgIpc) is 2.75. The number of aromatic amines is 1. The van der Waals surface area contributed by atoms with Gasteiger partial charge in [0.1, 0.15) is 0 Å². The van der Waals surface area contributed by atoms with Crippen molar-refractivity contribution in [2.75, 3.05) is 26.0 Å². The number of aromatic nitrogens is 3. The van der Waals surface area contributed by atoms with E-state index < -0.39 is 0 Å². The summed E-state index contributed by atoms with van der Waals surface area (Å²) in [5.74, 6) is 0.835. The summed E-state index contributed by atoms with van der Waals surface area (Å²) < 4.78 is 6.89. The van der Waals surface area contributed by atoms with Crippen molar-refractivity contribution in [3.63, 3.8) is 0 Å². The van der Waals surface area contributed by atoms with Gasteiger partial charge >= 0.3 is 5.69 Å². The number of hydrogen-bond acceptors (Lipinski definition) is 5. The van der Waals surface area contributed by atoms with Gasteiger partial charge in [0, 0.05) is 25.4 Å². The summed E-state index contributed by atoms with van der Waals surface area (Å²) in [4.78, 5) is 11.6. The molecule has 0 aliphatic carbocycles. The van der Waals surface area contributed by atoms with E-state index in [1.54, 1.807) is 23.4 Å². The first-order chi connectivity index (χ1) is 9.22. The second-order valence-corrected chi connectivity index (χ2v) is 5.37. The van der Waals surface area contributed by atoms with Crippen molar-refractivity contribution >= 4 is 11.8 Å². The van der Waals surface area contributed by atoms with Gasteiger partial charge in [0.15, 0.2) is 5.16 Å². The van der Waals surface area contributed by atoms with Crippen LogP contribution in [0.5, 0.6) is 0 Å². The smallest absolute Gasteiger partial charge is 0.343 e. The van der Waals surface area contributed by atoms with E-state index >= 15 is 0 Å². The Morgan fingerprint density at radius 1 is 1.47 bits per heavy atom. The fourth-order valence-corrected chi connectivity index (χ4v) is 2.73. The maximum Gasteiger partial charge on any atom is 0.343 e. The number of H-pyrrole nitrogens is 1. The predicted molar refractivity (Wildman–Crippen MR) is 77.8 cm³/mol. The summed E-state index contributed by atoms with van der Waals surface area (Å²) in [6.07, 6.45) is 2.01. The van der Waals surface area contributed by atoms with Gasteiger partial charge in [-0.1, -0.05) is 25.6 Å². The van der Waals surface area contributed by atoms with Crippen molar-refractivity contribution in [2.45, 2.75) is 44.4 Å². The number of hydrogen-bond donors (Lipinski definition) is 2. The molecule has 1 atom stereocenters. The van der Waals surface area contributed by atoms with Crippen LogP contribution in [0.1, 0.15) is 26.7 Å². The van der Waals surface area contributed by atoms with E-state index in [2.05, 4.69) is 22.4 Å². The number of nitrogens with one attached hydrogen (secondary N) is 2. The molecule has 0 radical (unpaired) electrons. The summed E-state index contributed by atoms with van der Waals surface area (Å²) in [6, 6.07) is 0.275. The number of methoxy groups -OCH3 is 1. The van der Waals surface area contributed by atoms with Crippen molar-refractivity contribution in [3.05, 3.63) is 10.5 Å². The van der Waals surface area contributed by atoms with Gasteiger partial charge < -0.3 is 10.1 Å². The Morgan fingerprint density at radius 2 is 2.26 bits per heavy atom. The van der Waals surface area contributed by atoms with E-state index in [-0.39, 0.29) is 11.7 Å². The molecule has 19 heavy (non-hydrogen) atoms. The molecule has 0 saturated carbocycles. The lowest BCUT2D eigenvalue weighted by Gasteiger charge is -2.16. The van der Waals surface area contributed by atoms with Crippen molar-refractivity contribution in [1.29, 1.82) is 0 Å². The molecular formula is C12H24N4O2S.